The zero-order chi connectivity index (χ0) is 14.5. The third-order valence-corrected chi connectivity index (χ3v) is 2.71. The van der Waals surface area contributed by atoms with E-state index in [0.717, 1.165) is 5.56 Å². The standard InChI is InChI=1S/C15H20O4/c1-11(16)9-12-5-7-13(8-6-12)19-10-15(2,3)14(17)18-4/h5-8H,9-10H2,1-4H3. The topological polar surface area (TPSA) is 52.6 Å². The van der Waals surface area contributed by atoms with E-state index in [1.54, 1.807) is 32.9 Å². The number of Topliss-reactive ketones (excluding diaryl/α,β-unsaturated/α-hetero) is 1. The van der Waals surface area contributed by atoms with Gasteiger partial charge in [-0.05, 0) is 38.5 Å². The molecule has 0 unspecified atom stereocenters. The largest absolute Gasteiger partial charge is 0.492 e. The van der Waals surface area contributed by atoms with Crippen LogP contribution in [0.1, 0.15) is 26.3 Å². The third kappa shape index (κ3) is 4.73. The van der Waals surface area contributed by atoms with Crippen LogP contribution in [0.25, 0.3) is 0 Å². The quantitative estimate of drug-likeness (QED) is 0.740. The van der Waals surface area contributed by atoms with Gasteiger partial charge in [-0.1, -0.05) is 12.1 Å². The minimum absolute atomic E-state index is 0.125. The van der Waals surface area contributed by atoms with Gasteiger partial charge >= 0.3 is 5.97 Å². The lowest BCUT2D eigenvalue weighted by atomic mass is 9.95. The van der Waals surface area contributed by atoms with Crippen LogP contribution < -0.4 is 4.74 Å². The van der Waals surface area contributed by atoms with Crippen molar-refractivity contribution < 1.29 is 19.1 Å². The predicted molar refractivity (Wildman–Crippen MR) is 72.1 cm³/mol. The summed E-state index contributed by atoms with van der Waals surface area (Å²) in [7, 11) is 1.36. The van der Waals surface area contributed by atoms with Crippen molar-refractivity contribution in [2.24, 2.45) is 5.41 Å². The second-order valence-electron chi connectivity index (χ2n) is 5.19. The van der Waals surface area contributed by atoms with Gasteiger partial charge in [0.1, 0.15) is 18.1 Å². The Hall–Kier alpha value is -1.84. The molecular formula is C15H20O4. The van der Waals surface area contributed by atoms with Gasteiger partial charge in [0.15, 0.2) is 0 Å². The van der Waals surface area contributed by atoms with Gasteiger partial charge in [0.2, 0.25) is 0 Å². The van der Waals surface area contributed by atoms with Crippen molar-refractivity contribution in [2.75, 3.05) is 13.7 Å². The summed E-state index contributed by atoms with van der Waals surface area (Å²) in [6.07, 6.45) is 0.425. The number of rotatable bonds is 6. The molecule has 4 heteroatoms. The highest BCUT2D eigenvalue weighted by atomic mass is 16.5. The number of hydrogen-bond acceptors (Lipinski definition) is 4. The number of carbonyl (C=O) groups is 2. The molecule has 1 aromatic rings. The maximum Gasteiger partial charge on any atom is 0.314 e. The smallest absolute Gasteiger partial charge is 0.314 e. The van der Waals surface area contributed by atoms with E-state index >= 15 is 0 Å². The van der Waals surface area contributed by atoms with Crippen LogP contribution in [0.5, 0.6) is 5.75 Å². The van der Waals surface area contributed by atoms with Gasteiger partial charge in [0.05, 0.1) is 12.5 Å². The molecule has 4 nitrogen and oxygen atoms in total. The summed E-state index contributed by atoms with van der Waals surface area (Å²) in [6, 6.07) is 7.29. The summed E-state index contributed by atoms with van der Waals surface area (Å²) in [5.74, 6) is 0.491. The maximum atomic E-state index is 11.5. The van der Waals surface area contributed by atoms with Crippen molar-refractivity contribution in [3.05, 3.63) is 29.8 Å². The lowest BCUT2D eigenvalue weighted by molar-refractivity contribution is -0.152. The fourth-order valence-electron chi connectivity index (χ4n) is 1.59. The van der Waals surface area contributed by atoms with Crippen molar-refractivity contribution >= 4 is 11.8 Å². The van der Waals surface area contributed by atoms with E-state index in [-0.39, 0.29) is 18.4 Å². The van der Waals surface area contributed by atoms with E-state index in [9.17, 15) is 9.59 Å². The van der Waals surface area contributed by atoms with Gasteiger partial charge in [-0.3, -0.25) is 9.59 Å². The van der Waals surface area contributed by atoms with Crippen molar-refractivity contribution in [3.63, 3.8) is 0 Å². The van der Waals surface area contributed by atoms with Crippen LogP contribution in [0.4, 0.5) is 0 Å². The Morgan fingerprint density at radius 1 is 1.16 bits per heavy atom. The molecule has 0 N–H and O–H groups in total. The number of ether oxygens (including phenoxy) is 2. The Labute approximate surface area is 113 Å². The van der Waals surface area contributed by atoms with E-state index in [1.165, 1.54) is 7.11 Å². The van der Waals surface area contributed by atoms with Crippen molar-refractivity contribution in [1.82, 2.24) is 0 Å². The molecule has 104 valence electrons. The molecule has 0 saturated carbocycles. The first-order chi connectivity index (χ1) is 8.85. The van der Waals surface area contributed by atoms with Crippen molar-refractivity contribution in [2.45, 2.75) is 27.2 Å². The monoisotopic (exact) mass is 264 g/mol. The summed E-state index contributed by atoms with van der Waals surface area (Å²) in [5, 5.41) is 0. The number of hydrogen-bond donors (Lipinski definition) is 0. The SMILES string of the molecule is COC(=O)C(C)(C)COc1ccc(CC(C)=O)cc1. The van der Waals surface area contributed by atoms with E-state index < -0.39 is 5.41 Å². The highest BCUT2D eigenvalue weighted by Gasteiger charge is 2.29. The number of ketones is 1. The number of esters is 1. The van der Waals surface area contributed by atoms with Crippen LogP contribution in [0.15, 0.2) is 24.3 Å². The first kappa shape index (κ1) is 15.2. The predicted octanol–water partition coefficient (Wildman–Crippen LogP) is 2.40. The average Bonchev–Trinajstić information content (AvgIpc) is 2.36. The summed E-state index contributed by atoms with van der Waals surface area (Å²) < 4.78 is 10.3. The normalized spacial score (nSPS) is 10.9. The molecule has 1 rings (SSSR count). The second kappa shape index (κ2) is 6.36. The molecule has 0 aliphatic rings. The molecule has 0 spiro atoms. The van der Waals surface area contributed by atoms with E-state index in [0.29, 0.717) is 12.2 Å². The molecule has 19 heavy (non-hydrogen) atoms. The van der Waals surface area contributed by atoms with Crippen LogP contribution in [0.3, 0.4) is 0 Å². The Kier molecular flexibility index (Phi) is 5.10. The molecule has 0 fully saturated rings. The Balaban J connectivity index is 2.59. The Morgan fingerprint density at radius 2 is 1.74 bits per heavy atom. The molecule has 0 heterocycles. The molecule has 0 radical (unpaired) electrons. The van der Waals surface area contributed by atoms with E-state index in [4.69, 9.17) is 9.47 Å². The molecule has 0 bridgehead atoms. The fraction of sp³-hybridized carbons (Fsp3) is 0.467. The van der Waals surface area contributed by atoms with Gasteiger partial charge in [-0.2, -0.15) is 0 Å². The van der Waals surface area contributed by atoms with Crippen LogP contribution in [-0.2, 0) is 20.7 Å². The van der Waals surface area contributed by atoms with Gasteiger partial charge < -0.3 is 9.47 Å². The third-order valence-electron chi connectivity index (χ3n) is 2.71. The van der Waals surface area contributed by atoms with Gasteiger partial charge in [0, 0.05) is 6.42 Å². The first-order valence-corrected chi connectivity index (χ1v) is 6.15. The molecule has 1 aromatic carbocycles. The zero-order valence-electron chi connectivity index (χ0n) is 11.9. The minimum Gasteiger partial charge on any atom is -0.492 e. The summed E-state index contributed by atoms with van der Waals surface area (Å²) in [5.41, 5.74) is 0.263. The highest BCUT2D eigenvalue weighted by Crippen LogP contribution is 2.20. The van der Waals surface area contributed by atoms with Crippen LogP contribution in [-0.4, -0.2) is 25.5 Å². The lowest BCUT2D eigenvalue weighted by Gasteiger charge is -2.21. The van der Waals surface area contributed by atoms with Crippen LogP contribution in [0, 0.1) is 5.41 Å². The molecule has 0 aliphatic carbocycles. The summed E-state index contributed by atoms with van der Waals surface area (Å²) in [4.78, 5) is 22.5. The fourth-order valence-corrected chi connectivity index (χ4v) is 1.59. The summed E-state index contributed by atoms with van der Waals surface area (Å²) >= 11 is 0. The highest BCUT2D eigenvalue weighted by molar-refractivity contribution is 5.78. The number of methoxy groups -OCH3 is 1. The zero-order valence-corrected chi connectivity index (χ0v) is 11.9. The number of benzene rings is 1. The van der Waals surface area contributed by atoms with E-state index in [2.05, 4.69) is 0 Å². The van der Waals surface area contributed by atoms with Gasteiger partial charge in [0.25, 0.3) is 0 Å². The minimum atomic E-state index is -0.688. The molecular weight excluding hydrogens is 244 g/mol. The molecule has 0 amide bonds. The number of carbonyl (C=O) groups excluding carboxylic acids is 2. The summed E-state index contributed by atoms with van der Waals surface area (Å²) in [6.45, 7) is 5.33. The average molecular weight is 264 g/mol. The molecule has 0 saturated heterocycles. The Bertz CT molecular complexity index is 446. The molecule has 0 aliphatic heterocycles. The van der Waals surface area contributed by atoms with E-state index in [1.807, 2.05) is 12.1 Å². The van der Waals surface area contributed by atoms with Crippen molar-refractivity contribution in [3.8, 4) is 5.75 Å². The van der Waals surface area contributed by atoms with Crippen LogP contribution >= 0.6 is 0 Å². The van der Waals surface area contributed by atoms with Crippen LogP contribution in [0.2, 0.25) is 0 Å². The lowest BCUT2D eigenvalue weighted by Crippen LogP contribution is -2.32. The van der Waals surface area contributed by atoms with Crippen molar-refractivity contribution in [1.29, 1.82) is 0 Å². The Morgan fingerprint density at radius 3 is 2.21 bits per heavy atom. The second-order valence-corrected chi connectivity index (χ2v) is 5.19. The van der Waals surface area contributed by atoms with Gasteiger partial charge in [-0.25, -0.2) is 0 Å². The first-order valence-electron chi connectivity index (χ1n) is 6.15. The van der Waals surface area contributed by atoms with Gasteiger partial charge in [-0.15, -0.1) is 0 Å². The molecule has 0 aromatic heterocycles. The molecule has 0 atom stereocenters. The maximum absolute atomic E-state index is 11.5.